The fraction of sp³-hybridized carbons (Fsp3) is 0.941. The van der Waals surface area contributed by atoms with E-state index in [-0.39, 0.29) is 5.91 Å². The van der Waals surface area contributed by atoms with Gasteiger partial charge >= 0.3 is 0 Å². The van der Waals surface area contributed by atoms with E-state index in [1.54, 1.807) is 0 Å². The predicted molar refractivity (Wildman–Crippen MR) is 83.2 cm³/mol. The molecular formula is C17H32N2O. The van der Waals surface area contributed by atoms with Gasteiger partial charge in [0.1, 0.15) is 0 Å². The summed E-state index contributed by atoms with van der Waals surface area (Å²) in [6, 6.07) is 0.409. The fourth-order valence-electron chi connectivity index (χ4n) is 3.98. The molecule has 2 aliphatic rings. The SMILES string of the molecule is CC1CCCC(NC(=O)CC2CCC(CN)CC2)C1C. The first-order valence-electron chi connectivity index (χ1n) is 8.59. The first kappa shape index (κ1) is 15.8. The molecule has 2 saturated carbocycles. The van der Waals surface area contributed by atoms with Crippen LogP contribution in [0.1, 0.15) is 65.2 Å². The number of hydrogen-bond donors (Lipinski definition) is 2. The lowest BCUT2D eigenvalue weighted by Gasteiger charge is -2.35. The number of nitrogens with two attached hydrogens (primary N) is 1. The van der Waals surface area contributed by atoms with Gasteiger partial charge in [-0.05, 0) is 62.3 Å². The molecule has 116 valence electrons. The molecule has 0 aromatic rings. The molecule has 1 amide bonds. The van der Waals surface area contributed by atoms with Gasteiger partial charge in [0.15, 0.2) is 0 Å². The highest BCUT2D eigenvalue weighted by Gasteiger charge is 2.29. The van der Waals surface area contributed by atoms with Crippen molar-refractivity contribution in [2.45, 2.75) is 71.3 Å². The van der Waals surface area contributed by atoms with E-state index in [1.807, 2.05) is 0 Å². The molecule has 20 heavy (non-hydrogen) atoms. The van der Waals surface area contributed by atoms with Crippen LogP contribution in [0.3, 0.4) is 0 Å². The Bertz CT molecular complexity index is 310. The molecule has 2 rings (SSSR count). The number of rotatable bonds is 4. The summed E-state index contributed by atoms with van der Waals surface area (Å²) in [6.45, 7) is 5.43. The van der Waals surface area contributed by atoms with Crippen molar-refractivity contribution < 1.29 is 4.79 Å². The molecule has 0 radical (unpaired) electrons. The Kier molecular flexibility index (Phi) is 5.88. The minimum atomic E-state index is 0.284. The van der Waals surface area contributed by atoms with Crippen molar-refractivity contribution in [2.75, 3.05) is 6.54 Å². The summed E-state index contributed by atoms with van der Waals surface area (Å²) < 4.78 is 0. The van der Waals surface area contributed by atoms with Gasteiger partial charge in [-0.15, -0.1) is 0 Å². The highest BCUT2D eigenvalue weighted by atomic mass is 16.1. The Morgan fingerprint density at radius 1 is 1.05 bits per heavy atom. The van der Waals surface area contributed by atoms with Crippen LogP contribution in [0, 0.1) is 23.7 Å². The smallest absolute Gasteiger partial charge is 0.220 e. The Labute approximate surface area is 124 Å². The second kappa shape index (κ2) is 7.44. The molecule has 0 spiro atoms. The van der Waals surface area contributed by atoms with E-state index in [1.165, 1.54) is 38.5 Å². The normalized spacial score (nSPS) is 38.5. The highest BCUT2D eigenvalue weighted by Crippen LogP contribution is 2.32. The maximum atomic E-state index is 12.2. The van der Waals surface area contributed by atoms with Gasteiger partial charge in [0, 0.05) is 12.5 Å². The predicted octanol–water partition coefficient (Wildman–Crippen LogP) is 3.08. The molecule has 0 aliphatic heterocycles. The largest absolute Gasteiger partial charge is 0.353 e. The molecule has 3 heteroatoms. The topological polar surface area (TPSA) is 55.1 Å². The van der Waals surface area contributed by atoms with E-state index in [0.717, 1.165) is 25.3 Å². The van der Waals surface area contributed by atoms with Crippen molar-refractivity contribution in [3.05, 3.63) is 0 Å². The van der Waals surface area contributed by atoms with Crippen molar-refractivity contribution >= 4 is 5.91 Å². The Hall–Kier alpha value is -0.570. The standard InChI is InChI=1S/C17H32N2O/c1-12-4-3-5-16(13(12)2)19-17(20)10-14-6-8-15(11-18)9-7-14/h12-16H,3-11,18H2,1-2H3,(H,19,20). The van der Waals surface area contributed by atoms with Gasteiger partial charge in [0.2, 0.25) is 5.91 Å². The molecule has 0 aromatic heterocycles. The minimum Gasteiger partial charge on any atom is -0.353 e. The van der Waals surface area contributed by atoms with Gasteiger partial charge in [-0.2, -0.15) is 0 Å². The summed E-state index contributed by atoms with van der Waals surface area (Å²) in [5.74, 6) is 2.95. The summed E-state index contributed by atoms with van der Waals surface area (Å²) in [7, 11) is 0. The summed E-state index contributed by atoms with van der Waals surface area (Å²) in [5.41, 5.74) is 5.72. The summed E-state index contributed by atoms with van der Waals surface area (Å²) >= 11 is 0. The second-order valence-corrected chi connectivity index (χ2v) is 7.27. The zero-order valence-corrected chi connectivity index (χ0v) is 13.2. The van der Waals surface area contributed by atoms with Gasteiger partial charge in [-0.3, -0.25) is 4.79 Å². The van der Waals surface area contributed by atoms with Gasteiger partial charge in [0.05, 0.1) is 0 Å². The maximum Gasteiger partial charge on any atom is 0.220 e. The van der Waals surface area contributed by atoms with Gasteiger partial charge in [-0.25, -0.2) is 0 Å². The number of carbonyl (C=O) groups excluding carboxylic acids is 1. The number of nitrogens with one attached hydrogen (secondary N) is 1. The third-order valence-corrected chi connectivity index (χ3v) is 5.83. The van der Waals surface area contributed by atoms with Gasteiger partial charge in [-0.1, -0.05) is 26.7 Å². The average Bonchev–Trinajstić information content (AvgIpc) is 2.45. The zero-order chi connectivity index (χ0) is 14.5. The molecule has 0 bridgehead atoms. The van der Waals surface area contributed by atoms with Crippen LogP contribution in [0.15, 0.2) is 0 Å². The van der Waals surface area contributed by atoms with Crippen LogP contribution >= 0.6 is 0 Å². The van der Waals surface area contributed by atoms with Crippen LogP contribution in [0.2, 0.25) is 0 Å². The highest BCUT2D eigenvalue weighted by molar-refractivity contribution is 5.76. The van der Waals surface area contributed by atoms with Crippen molar-refractivity contribution in [2.24, 2.45) is 29.4 Å². The summed E-state index contributed by atoms with van der Waals surface area (Å²) in [6.07, 6.45) is 9.27. The van der Waals surface area contributed by atoms with E-state index in [4.69, 9.17) is 5.73 Å². The third kappa shape index (κ3) is 4.21. The lowest BCUT2D eigenvalue weighted by molar-refractivity contribution is -0.123. The first-order valence-corrected chi connectivity index (χ1v) is 8.59. The van der Waals surface area contributed by atoms with Gasteiger partial charge in [0.25, 0.3) is 0 Å². The molecule has 3 unspecified atom stereocenters. The fourth-order valence-corrected chi connectivity index (χ4v) is 3.98. The van der Waals surface area contributed by atoms with Crippen molar-refractivity contribution in [1.82, 2.24) is 5.32 Å². The molecule has 2 fully saturated rings. The van der Waals surface area contributed by atoms with Crippen molar-refractivity contribution in [1.29, 1.82) is 0 Å². The van der Waals surface area contributed by atoms with Crippen LogP contribution in [0.25, 0.3) is 0 Å². The van der Waals surface area contributed by atoms with E-state index in [9.17, 15) is 4.79 Å². The molecule has 3 nitrogen and oxygen atoms in total. The van der Waals surface area contributed by atoms with Crippen molar-refractivity contribution in [3.63, 3.8) is 0 Å². The zero-order valence-electron chi connectivity index (χ0n) is 13.2. The average molecular weight is 280 g/mol. The first-order chi connectivity index (χ1) is 9.60. The maximum absolute atomic E-state index is 12.2. The van der Waals surface area contributed by atoms with Crippen LogP contribution in [-0.2, 0) is 4.79 Å². The lowest BCUT2D eigenvalue weighted by atomic mass is 9.77. The summed E-state index contributed by atoms with van der Waals surface area (Å²) in [5, 5.41) is 3.31. The molecule has 3 atom stereocenters. The molecular weight excluding hydrogens is 248 g/mol. The molecule has 0 aromatic carbocycles. The second-order valence-electron chi connectivity index (χ2n) is 7.27. The quantitative estimate of drug-likeness (QED) is 0.831. The molecule has 0 heterocycles. The minimum absolute atomic E-state index is 0.284. The van der Waals surface area contributed by atoms with Crippen LogP contribution in [0.4, 0.5) is 0 Å². The summed E-state index contributed by atoms with van der Waals surface area (Å²) in [4.78, 5) is 12.2. The van der Waals surface area contributed by atoms with Crippen LogP contribution in [-0.4, -0.2) is 18.5 Å². The molecule has 3 N–H and O–H groups in total. The number of carbonyl (C=O) groups is 1. The van der Waals surface area contributed by atoms with E-state index >= 15 is 0 Å². The Balaban J connectivity index is 1.72. The van der Waals surface area contributed by atoms with E-state index in [0.29, 0.717) is 23.8 Å². The lowest BCUT2D eigenvalue weighted by Crippen LogP contribution is -2.44. The van der Waals surface area contributed by atoms with E-state index in [2.05, 4.69) is 19.2 Å². The van der Waals surface area contributed by atoms with Crippen LogP contribution < -0.4 is 11.1 Å². The van der Waals surface area contributed by atoms with Crippen LogP contribution in [0.5, 0.6) is 0 Å². The van der Waals surface area contributed by atoms with E-state index < -0.39 is 0 Å². The van der Waals surface area contributed by atoms with Crippen molar-refractivity contribution in [3.8, 4) is 0 Å². The molecule has 2 aliphatic carbocycles. The Morgan fingerprint density at radius 3 is 2.35 bits per heavy atom. The molecule has 0 saturated heterocycles. The van der Waals surface area contributed by atoms with Gasteiger partial charge < -0.3 is 11.1 Å². The number of amides is 1. The Morgan fingerprint density at radius 2 is 1.70 bits per heavy atom. The number of hydrogen-bond acceptors (Lipinski definition) is 2. The third-order valence-electron chi connectivity index (χ3n) is 5.83. The monoisotopic (exact) mass is 280 g/mol.